The Morgan fingerprint density at radius 3 is 2.29 bits per heavy atom. The number of aryl methyl sites for hydroxylation is 1. The zero-order chi connectivity index (χ0) is 20.1. The predicted molar refractivity (Wildman–Crippen MR) is 109 cm³/mol. The summed E-state index contributed by atoms with van der Waals surface area (Å²) >= 11 is 0. The Labute approximate surface area is 164 Å². The monoisotopic (exact) mass is 399 g/mol. The third kappa shape index (κ3) is 4.52. The maximum absolute atomic E-state index is 12.5. The fourth-order valence-corrected chi connectivity index (χ4v) is 3.70. The molecule has 0 unspecified atom stereocenters. The van der Waals surface area contributed by atoms with Crippen LogP contribution in [-0.2, 0) is 10.0 Å². The number of hydrogen-bond acceptors (Lipinski definition) is 6. The van der Waals surface area contributed by atoms with E-state index >= 15 is 0 Å². The Kier molecular flexibility index (Phi) is 5.70. The van der Waals surface area contributed by atoms with E-state index in [-0.39, 0.29) is 10.7 Å². The second kappa shape index (κ2) is 8.18. The molecule has 0 bridgehead atoms. The first-order valence-corrected chi connectivity index (χ1v) is 9.94. The Hall–Kier alpha value is -3.26. The number of benzene rings is 2. The summed E-state index contributed by atoms with van der Waals surface area (Å²) < 4.78 is 37.9. The van der Waals surface area contributed by atoms with E-state index in [1.54, 1.807) is 62.9 Å². The molecule has 7 nitrogen and oxygen atoms in total. The van der Waals surface area contributed by atoms with Crippen LogP contribution < -0.4 is 19.5 Å². The SMILES string of the molecule is COc1ccc(Nc2ccc(NS(=O)(=O)c3cccc(C)c3)nc2)cc1OC. The van der Waals surface area contributed by atoms with Gasteiger partial charge in [0.05, 0.1) is 31.0 Å². The number of ether oxygens (including phenoxy) is 2. The van der Waals surface area contributed by atoms with Gasteiger partial charge in [-0.3, -0.25) is 4.72 Å². The molecule has 3 rings (SSSR count). The van der Waals surface area contributed by atoms with Gasteiger partial charge in [-0.1, -0.05) is 12.1 Å². The molecule has 0 atom stereocenters. The quantitative estimate of drug-likeness (QED) is 0.625. The van der Waals surface area contributed by atoms with Gasteiger partial charge in [-0.25, -0.2) is 13.4 Å². The minimum atomic E-state index is -3.69. The first-order chi connectivity index (χ1) is 13.4. The molecule has 0 amide bonds. The van der Waals surface area contributed by atoms with Crippen molar-refractivity contribution in [1.82, 2.24) is 4.98 Å². The maximum Gasteiger partial charge on any atom is 0.263 e. The molecule has 0 aliphatic carbocycles. The molecule has 146 valence electrons. The molecule has 2 N–H and O–H groups in total. The van der Waals surface area contributed by atoms with E-state index in [0.29, 0.717) is 17.2 Å². The molecule has 1 aromatic heterocycles. The first-order valence-electron chi connectivity index (χ1n) is 8.46. The van der Waals surface area contributed by atoms with Gasteiger partial charge in [0.1, 0.15) is 5.82 Å². The van der Waals surface area contributed by atoms with Crippen molar-refractivity contribution in [1.29, 1.82) is 0 Å². The summed E-state index contributed by atoms with van der Waals surface area (Å²) in [7, 11) is -0.545. The lowest BCUT2D eigenvalue weighted by Gasteiger charge is -2.12. The van der Waals surface area contributed by atoms with E-state index in [4.69, 9.17) is 9.47 Å². The molecular formula is C20H21N3O4S. The lowest BCUT2D eigenvalue weighted by atomic mass is 10.2. The van der Waals surface area contributed by atoms with Gasteiger partial charge in [0.15, 0.2) is 11.5 Å². The van der Waals surface area contributed by atoms with Crippen LogP contribution in [0.4, 0.5) is 17.2 Å². The molecule has 0 radical (unpaired) electrons. The molecule has 0 aliphatic heterocycles. The number of nitrogens with one attached hydrogen (secondary N) is 2. The average Bonchev–Trinajstić information content (AvgIpc) is 2.69. The van der Waals surface area contributed by atoms with Crippen LogP contribution in [-0.4, -0.2) is 27.6 Å². The smallest absolute Gasteiger partial charge is 0.263 e. The minimum Gasteiger partial charge on any atom is -0.493 e. The summed E-state index contributed by atoms with van der Waals surface area (Å²) in [6, 6.07) is 15.5. The van der Waals surface area contributed by atoms with E-state index in [0.717, 1.165) is 11.3 Å². The van der Waals surface area contributed by atoms with Crippen molar-refractivity contribution in [3.63, 3.8) is 0 Å². The number of anilines is 3. The molecule has 28 heavy (non-hydrogen) atoms. The predicted octanol–water partition coefficient (Wildman–Crippen LogP) is 3.95. The number of aromatic nitrogens is 1. The summed E-state index contributed by atoms with van der Waals surface area (Å²) in [4.78, 5) is 4.37. The van der Waals surface area contributed by atoms with Crippen molar-refractivity contribution >= 4 is 27.2 Å². The Morgan fingerprint density at radius 2 is 1.64 bits per heavy atom. The van der Waals surface area contributed by atoms with Gasteiger partial charge in [0.25, 0.3) is 10.0 Å². The van der Waals surface area contributed by atoms with Crippen molar-refractivity contribution in [2.24, 2.45) is 0 Å². The fraction of sp³-hybridized carbons (Fsp3) is 0.150. The van der Waals surface area contributed by atoms with Gasteiger partial charge < -0.3 is 14.8 Å². The van der Waals surface area contributed by atoms with E-state index in [2.05, 4.69) is 15.0 Å². The zero-order valence-electron chi connectivity index (χ0n) is 15.8. The zero-order valence-corrected chi connectivity index (χ0v) is 16.6. The average molecular weight is 399 g/mol. The Balaban J connectivity index is 1.73. The molecule has 0 saturated carbocycles. The molecule has 8 heteroatoms. The van der Waals surface area contributed by atoms with Crippen LogP contribution in [0.3, 0.4) is 0 Å². The molecule has 2 aromatic carbocycles. The molecule has 0 spiro atoms. The highest BCUT2D eigenvalue weighted by Gasteiger charge is 2.14. The summed E-state index contributed by atoms with van der Waals surface area (Å²) in [6.45, 7) is 1.84. The van der Waals surface area contributed by atoms with Crippen LogP contribution in [0.15, 0.2) is 65.7 Å². The van der Waals surface area contributed by atoms with E-state index < -0.39 is 10.0 Å². The molecule has 0 fully saturated rings. The number of methoxy groups -OCH3 is 2. The number of pyridine rings is 1. The lowest BCUT2D eigenvalue weighted by Crippen LogP contribution is -2.14. The van der Waals surface area contributed by atoms with Gasteiger partial charge in [-0.15, -0.1) is 0 Å². The van der Waals surface area contributed by atoms with Gasteiger partial charge in [0.2, 0.25) is 0 Å². The highest BCUT2D eigenvalue weighted by atomic mass is 32.2. The van der Waals surface area contributed by atoms with Crippen molar-refractivity contribution in [2.75, 3.05) is 24.3 Å². The summed E-state index contributed by atoms with van der Waals surface area (Å²) in [6.07, 6.45) is 1.55. The van der Waals surface area contributed by atoms with Crippen LogP contribution in [0.2, 0.25) is 0 Å². The van der Waals surface area contributed by atoms with E-state index in [1.165, 1.54) is 0 Å². The minimum absolute atomic E-state index is 0.196. The van der Waals surface area contributed by atoms with Crippen LogP contribution >= 0.6 is 0 Å². The highest BCUT2D eigenvalue weighted by Crippen LogP contribution is 2.31. The van der Waals surface area contributed by atoms with Crippen LogP contribution in [0.25, 0.3) is 0 Å². The normalized spacial score (nSPS) is 11.0. The highest BCUT2D eigenvalue weighted by molar-refractivity contribution is 7.92. The first kappa shape index (κ1) is 19.5. The van der Waals surface area contributed by atoms with Crippen LogP contribution in [0.5, 0.6) is 11.5 Å². The van der Waals surface area contributed by atoms with E-state index in [1.807, 2.05) is 19.1 Å². The molecular weight excluding hydrogens is 378 g/mol. The molecule has 0 saturated heterocycles. The standard InChI is InChI=1S/C20H21N3O4S/c1-14-5-4-6-17(11-14)28(24,25)23-20-10-8-16(13-21-20)22-15-7-9-18(26-2)19(12-15)27-3/h4-13,22H,1-3H3,(H,21,23). The van der Waals surface area contributed by atoms with Gasteiger partial charge in [0, 0.05) is 11.8 Å². The molecule has 3 aromatic rings. The van der Waals surface area contributed by atoms with Gasteiger partial charge in [-0.2, -0.15) is 0 Å². The topological polar surface area (TPSA) is 89.6 Å². The van der Waals surface area contributed by atoms with Crippen molar-refractivity contribution in [3.05, 3.63) is 66.4 Å². The third-order valence-corrected chi connectivity index (χ3v) is 5.33. The van der Waals surface area contributed by atoms with Crippen molar-refractivity contribution < 1.29 is 17.9 Å². The summed E-state index contributed by atoms with van der Waals surface area (Å²) in [5.74, 6) is 1.47. The van der Waals surface area contributed by atoms with Crippen LogP contribution in [0.1, 0.15) is 5.56 Å². The lowest BCUT2D eigenvalue weighted by molar-refractivity contribution is 0.355. The van der Waals surface area contributed by atoms with Gasteiger partial charge in [-0.05, 0) is 48.9 Å². The van der Waals surface area contributed by atoms with E-state index in [9.17, 15) is 8.42 Å². The number of nitrogens with zero attached hydrogens (tertiary/aromatic N) is 1. The number of hydrogen-bond donors (Lipinski definition) is 2. The fourth-order valence-electron chi connectivity index (χ4n) is 2.59. The number of rotatable bonds is 7. The Bertz CT molecular complexity index is 1070. The largest absolute Gasteiger partial charge is 0.493 e. The summed E-state index contributed by atoms with van der Waals surface area (Å²) in [5, 5.41) is 3.18. The maximum atomic E-state index is 12.5. The summed E-state index contributed by atoms with van der Waals surface area (Å²) in [5.41, 5.74) is 2.35. The van der Waals surface area contributed by atoms with Gasteiger partial charge >= 0.3 is 0 Å². The second-order valence-corrected chi connectivity index (χ2v) is 7.73. The third-order valence-electron chi connectivity index (χ3n) is 3.97. The molecule has 0 aliphatic rings. The second-order valence-electron chi connectivity index (χ2n) is 6.05. The Morgan fingerprint density at radius 1 is 0.893 bits per heavy atom. The molecule has 1 heterocycles. The van der Waals surface area contributed by atoms with Crippen molar-refractivity contribution in [3.8, 4) is 11.5 Å². The van der Waals surface area contributed by atoms with Crippen molar-refractivity contribution in [2.45, 2.75) is 11.8 Å². The van der Waals surface area contributed by atoms with Crippen LogP contribution in [0, 0.1) is 6.92 Å². The number of sulfonamides is 1.